The smallest absolute Gasteiger partial charge is 0.180 e. The number of nitrogens with zero attached hydrogens (tertiary/aromatic N) is 4. The van der Waals surface area contributed by atoms with Crippen LogP contribution in [0.4, 0.5) is 0 Å². The van der Waals surface area contributed by atoms with Crippen LogP contribution in [-0.2, 0) is 0 Å². The molecule has 1 aliphatic rings. The van der Waals surface area contributed by atoms with Crippen molar-refractivity contribution in [1.82, 2.24) is 10.0 Å². The lowest BCUT2D eigenvalue weighted by atomic mass is 10.5. The molecule has 11 heavy (non-hydrogen) atoms. The number of hydrazone groups is 1. The standard InChI is InChI=1S/C5H10N4O2/c1-3-7-5(2)8(4-6-7)9(10)11/h4-5H,3H2,1-2H3. The first kappa shape index (κ1) is 7.77. The molecule has 1 aliphatic heterocycles. The number of hydrazine groups is 1. The van der Waals surface area contributed by atoms with Gasteiger partial charge in [0.2, 0.25) is 0 Å². The minimum Gasteiger partial charge on any atom is -0.267 e. The lowest BCUT2D eigenvalue weighted by molar-refractivity contribution is -0.637. The highest BCUT2D eigenvalue weighted by atomic mass is 16.7. The van der Waals surface area contributed by atoms with Gasteiger partial charge in [0.05, 0.1) is 0 Å². The Hall–Kier alpha value is -1.33. The van der Waals surface area contributed by atoms with Gasteiger partial charge in [0, 0.05) is 6.54 Å². The molecule has 62 valence electrons. The van der Waals surface area contributed by atoms with Crippen molar-refractivity contribution in [2.45, 2.75) is 20.0 Å². The van der Waals surface area contributed by atoms with Crippen LogP contribution >= 0.6 is 0 Å². The molecule has 0 saturated carbocycles. The summed E-state index contributed by atoms with van der Waals surface area (Å²) in [6, 6.07) is 0. The first-order valence-electron chi connectivity index (χ1n) is 3.40. The largest absolute Gasteiger partial charge is 0.267 e. The fraction of sp³-hybridized carbons (Fsp3) is 0.800. The predicted molar refractivity (Wildman–Crippen MR) is 39.2 cm³/mol. The monoisotopic (exact) mass is 158 g/mol. The summed E-state index contributed by atoms with van der Waals surface area (Å²) in [5, 5.41) is 16.3. The lowest BCUT2D eigenvalue weighted by Gasteiger charge is -2.18. The molecule has 6 nitrogen and oxygen atoms in total. The second-order valence-electron chi connectivity index (χ2n) is 2.24. The Balaban J connectivity index is 2.63. The van der Waals surface area contributed by atoms with E-state index in [1.165, 1.54) is 6.34 Å². The number of rotatable bonds is 2. The van der Waals surface area contributed by atoms with Gasteiger partial charge in [-0.3, -0.25) is 5.01 Å². The molecular formula is C5H10N4O2. The van der Waals surface area contributed by atoms with Gasteiger partial charge in [-0.15, -0.1) is 0 Å². The Bertz CT molecular complexity index is 193. The molecule has 0 radical (unpaired) electrons. The van der Waals surface area contributed by atoms with Crippen molar-refractivity contribution in [3.8, 4) is 0 Å². The van der Waals surface area contributed by atoms with Crippen LogP contribution in [0.5, 0.6) is 0 Å². The van der Waals surface area contributed by atoms with Crippen LogP contribution in [0.25, 0.3) is 0 Å². The zero-order chi connectivity index (χ0) is 8.43. The molecule has 0 saturated heterocycles. The van der Waals surface area contributed by atoms with E-state index < -0.39 is 5.03 Å². The Morgan fingerprint density at radius 1 is 1.82 bits per heavy atom. The first-order valence-corrected chi connectivity index (χ1v) is 3.40. The normalized spacial score (nSPS) is 22.9. The molecule has 0 N–H and O–H groups in total. The van der Waals surface area contributed by atoms with Gasteiger partial charge in [0.1, 0.15) is 0 Å². The number of nitro groups is 1. The molecule has 6 heteroatoms. The third-order valence-corrected chi connectivity index (χ3v) is 1.65. The number of hydrogen-bond donors (Lipinski definition) is 0. The summed E-state index contributed by atoms with van der Waals surface area (Å²) in [4.78, 5) is 10.3. The van der Waals surface area contributed by atoms with Gasteiger partial charge in [-0.25, -0.2) is 10.1 Å². The van der Waals surface area contributed by atoms with Crippen molar-refractivity contribution in [1.29, 1.82) is 0 Å². The van der Waals surface area contributed by atoms with Gasteiger partial charge in [-0.05, 0) is 13.8 Å². The van der Waals surface area contributed by atoms with Gasteiger partial charge in [-0.1, -0.05) is 5.01 Å². The summed E-state index contributed by atoms with van der Waals surface area (Å²) in [6.45, 7) is 4.32. The minimum atomic E-state index is -0.468. The summed E-state index contributed by atoms with van der Waals surface area (Å²) >= 11 is 0. The average Bonchev–Trinajstić information content (AvgIpc) is 2.30. The molecule has 0 spiro atoms. The molecule has 1 unspecified atom stereocenters. The topological polar surface area (TPSA) is 62.0 Å². The Kier molecular flexibility index (Phi) is 1.93. The highest BCUT2D eigenvalue weighted by Gasteiger charge is 2.30. The van der Waals surface area contributed by atoms with Crippen molar-refractivity contribution in [3.05, 3.63) is 10.1 Å². The van der Waals surface area contributed by atoms with E-state index in [1.54, 1.807) is 11.9 Å². The molecule has 0 aromatic heterocycles. The van der Waals surface area contributed by atoms with Crippen molar-refractivity contribution < 1.29 is 5.03 Å². The molecule has 0 aliphatic carbocycles. The van der Waals surface area contributed by atoms with E-state index in [9.17, 15) is 10.1 Å². The summed E-state index contributed by atoms with van der Waals surface area (Å²) in [6.07, 6.45) is 0.962. The lowest BCUT2D eigenvalue weighted by Crippen LogP contribution is -2.40. The molecule has 0 fully saturated rings. The number of hydrogen-bond acceptors (Lipinski definition) is 4. The molecule has 0 aromatic rings. The maximum absolute atomic E-state index is 10.3. The second-order valence-corrected chi connectivity index (χ2v) is 2.24. The third-order valence-electron chi connectivity index (χ3n) is 1.65. The molecular weight excluding hydrogens is 148 g/mol. The molecule has 1 heterocycles. The zero-order valence-corrected chi connectivity index (χ0v) is 6.47. The van der Waals surface area contributed by atoms with E-state index in [0.717, 1.165) is 5.01 Å². The highest BCUT2D eigenvalue weighted by Crippen LogP contribution is 2.10. The minimum absolute atomic E-state index is 0.269. The van der Waals surface area contributed by atoms with Crippen molar-refractivity contribution in [2.24, 2.45) is 5.10 Å². The maximum Gasteiger partial charge on any atom is 0.180 e. The molecule has 0 bridgehead atoms. The van der Waals surface area contributed by atoms with Gasteiger partial charge in [-0.2, -0.15) is 5.10 Å². The van der Waals surface area contributed by atoms with E-state index in [4.69, 9.17) is 0 Å². The predicted octanol–water partition coefficient (Wildman–Crippen LogP) is 0.105. The van der Waals surface area contributed by atoms with Crippen LogP contribution in [-0.4, -0.2) is 34.1 Å². The van der Waals surface area contributed by atoms with Crippen LogP contribution in [0.2, 0.25) is 0 Å². The van der Waals surface area contributed by atoms with E-state index in [2.05, 4.69) is 5.10 Å². The van der Waals surface area contributed by atoms with Crippen LogP contribution < -0.4 is 0 Å². The third kappa shape index (κ3) is 1.24. The fourth-order valence-corrected chi connectivity index (χ4v) is 0.973. The summed E-state index contributed by atoms with van der Waals surface area (Å²) < 4.78 is 0. The molecule has 1 rings (SSSR count). The van der Waals surface area contributed by atoms with E-state index >= 15 is 0 Å². The molecule has 1 atom stereocenters. The van der Waals surface area contributed by atoms with Gasteiger partial charge < -0.3 is 0 Å². The van der Waals surface area contributed by atoms with Crippen LogP contribution in [0.1, 0.15) is 13.8 Å². The zero-order valence-electron chi connectivity index (χ0n) is 6.47. The van der Waals surface area contributed by atoms with Crippen LogP contribution in [0.15, 0.2) is 5.10 Å². The quantitative estimate of drug-likeness (QED) is 0.422. The van der Waals surface area contributed by atoms with Gasteiger partial charge in [0.15, 0.2) is 17.5 Å². The van der Waals surface area contributed by atoms with Crippen LogP contribution in [0.3, 0.4) is 0 Å². The SMILES string of the molecule is CCN1N=CN([N+](=O)[O-])C1C. The summed E-state index contributed by atoms with van der Waals surface area (Å²) in [7, 11) is 0. The van der Waals surface area contributed by atoms with Crippen LogP contribution in [0, 0.1) is 10.1 Å². The summed E-state index contributed by atoms with van der Waals surface area (Å²) in [5.41, 5.74) is 0. The first-order chi connectivity index (χ1) is 5.16. The second kappa shape index (κ2) is 2.73. The van der Waals surface area contributed by atoms with Gasteiger partial charge >= 0.3 is 0 Å². The Morgan fingerprint density at radius 2 is 2.45 bits per heavy atom. The Labute approximate surface area is 64.2 Å². The average molecular weight is 158 g/mol. The molecule has 0 amide bonds. The van der Waals surface area contributed by atoms with E-state index in [1.807, 2.05) is 6.92 Å². The van der Waals surface area contributed by atoms with Gasteiger partial charge in [0.25, 0.3) is 0 Å². The summed E-state index contributed by atoms with van der Waals surface area (Å²) in [5.74, 6) is 0. The Morgan fingerprint density at radius 3 is 2.73 bits per heavy atom. The fourth-order valence-electron chi connectivity index (χ4n) is 0.973. The highest BCUT2D eigenvalue weighted by molar-refractivity contribution is 5.54. The van der Waals surface area contributed by atoms with E-state index in [0.29, 0.717) is 6.54 Å². The van der Waals surface area contributed by atoms with E-state index in [-0.39, 0.29) is 6.17 Å². The van der Waals surface area contributed by atoms with Crippen molar-refractivity contribution in [2.75, 3.05) is 6.54 Å². The van der Waals surface area contributed by atoms with Crippen molar-refractivity contribution >= 4 is 6.34 Å². The van der Waals surface area contributed by atoms with Crippen molar-refractivity contribution in [3.63, 3.8) is 0 Å². The molecule has 0 aromatic carbocycles. The maximum atomic E-state index is 10.3.